The van der Waals surface area contributed by atoms with Gasteiger partial charge in [-0.1, -0.05) is 30.3 Å². The highest BCUT2D eigenvalue weighted by atomic mass is 16.5. The number of carbonyl (C=O) groups is 1. The lowest BCUT2D eigenvalue weighted by Gasteiger charge is -2.12. The number of benzene rings is 2. The van der Waals surface area contributed by atoms with E-state index in [1.54, 1.807) is 18.2 Å². The summed E-state index contributed by atoms with van der Waals surface area (Å²) in [5, 5.41) is 3.34. The van der Waals surface area contributed by atoms with E-state index in [0.717, 1.165) is 17.7 Å². The van der Waals surface area contributed by atoms with Gasteiger partial charge in [-0.05, 0) is 23.8 Å². The summed E-state index contributed by atoms with van der Waals surface area (Å²) < 4.78 is 7.11. The molecule has 0 radical (unpaired) electrons. The fourth-order valence-corrected chi connectivity index (χ4v) is 3.02. The van der Waals surface area contributed by atoms with Crippen molar-refractivity contribution in [1.82, 2.24) is 14.9 Å². The lowest BCUT2D eigenvalue weighted by atomic mass is 10.1. The highest BCUT2D eigenvalue weighted by molar-refractivity contribution is 5.78. The van der Waals surface area contributed by atoms with Crippen molar-refractivity contribution >= 4 is 16.8 Å². The van der Waals surface area contributed by atoms with E-state index in [0.29, 0.717) is 17.4 Å². The first-order chi connectivity index (χ1) is 12.2. The van der Waals surface area contributed by atoms with Crippen molar-refractivity contribution in [2.24, 2.45) is 0 Å². The minimum Gasteiger partial charge on any atom is -0.488 e. The molecule has 4 rings (SSSR count). The minimum absolute atomic E-state index is 0.0592. The molecule has 25 heavy (non-hydrogen) atoms. The smallest absolute Gasteiger partial charge is 0.261 e. The van der Waals surface area contributed by atoms with E-state index in [4.69, 9.17) is 4.74 Å². The largest absolute Gasteiger partial charge is 0.488 e. The van der Waals surface area contributed by atoms with Gasteiger partial charge in [-0.25, -0.2) is 4.98 Å². The molecule has 1 aliphatic rings. The van der Waals surface area contributed by atoms with E-state index >= 15 is 0 Å². The Morgan fingerprint density at radius 1 is 1.20 bits per heavy atom. The Bertz CT molecular complexity index is 971. The Labute approximate surface area is 144 Å². The summed E-state index contributed by atoms with van der Waals surface area (Å²) in [7, 11) is 0. The van der Waals surface area contributed by atoms with Gasteiger partial charge in [-0.3, -0.25) is 14.2 Å². The molecule has 0 unspecified atom stereocenters. The molecule has 1 aromatic heterocycles. The van der Waals surface area contributed by atoms with Gasteiger partial charge in [0.2, 0.25) is 5.91 Å². The van der Waals surface area contributed by atoms with Crippen LogP contribution in [0.5, 0.6) is 5.75 Å². The predicted molar refractivity (Wildman–Crippen MR) is 93.6 cm³/mol. The van der Waals surface area contributed by atoms with Crippen LogP contribution in [0.15, 0.2) is 59.7 Å². The van der Waals surface area contributed by atoms with E-state index in [9.17, 15) is 9.59 Å². The highest BCUT2D eigenvalue weighted by Crippen LogP contribution is 2.27. The summed E-state index contributed by atoms with van der Waals surface area (Å²) in [5.74, 6) is 0.635. The Morgan fingerprint density at radius 2 is 2.00 bits per heavy atom. The molecule has 1 N–H and O–H groups in total. The van der Waals surface area contributed by atoms with E-state index in [1.807, 2.05) is 30.3 Å². The SMILES string of the molecule is O=C(Cn1cnc2ccccc2c1=O)NC[C@H]1Cc2ccccc2O1. The number of rotatable bonds is 4. The van der Waals surface area contributed by atoms with Crippen LogP contribution in [0, 0.1) is 0 Å². The Morgan fingerprint density at radius 3 is 2.88 bits per heavy atom. The first kappa shape index (κ1) is 15.4. The van der Waals surface area contributed by atoms with E-state index in [2.05, 4.69) is 10.3 Å². The van der Waals surface area contributed by atoms with Crippen LogP contribution >= 0.6 is 0 Å². The normalized spacial score (nSPS) is 15.6. The van der Waals surface area contributed by atoms with Gasteiger partial charge in [0.05, 0.1) is 23.8 Å². The third-order valence-electron chi connectivity index (χ3n) is 4.29. The van der Waals surface area contributed by atoms with Crippen molar-refractivity contribution < 1.29 is 9.53 Å². The fourth-order valence-electron chi connectivity index (χ4n) is 3.02. The van der Waals surface area contributed by atoms with Crippen molar-refractivity contribution in [3.8, 4) is 5.75 Å². The first-order valence-corrected chi connectivity index (χ1v) is 8.16. The van der Waals surface area contributed by atoms with Crippen LogP contribution in [0.4, 0.5) is 0 Å². The maximum atomic E-state index is 12.4. The van der Waals surface area contributed by atoms with Gasteiger partial charge in [0.25, 0.3) is 5.56 Å². The second kappa shape index (κ2) is 6.39. The number of amides is 1. The number of hydrogen-bond acceptors (Lipinski definition) is 4. The molecule has 6 heteroatoms. The summed E-state index contributed by atoms with van der Waals surface area (Å²) in [4.78, 5) is 28.8. The fraction of sp³-hybridized carbons (Fsp3) is 0.211. The zero-order chi connectivity index (χ0) is 17.2. The van der Waals surface area contributed by atoms with E-state index < -0.39 is 0 Å². The molecule has 0 aliphatic carbocycles. The van der Waals surface area contributed by atoms with Crippen LogP contribution in [0.2, 0.25) is 0 Å². The molecule has 1 aliphatic heterocycles. The maximum Gasteiger partial charge on any atom is 0.261 e. The molecule has 126 valence electrons. The van der Waals surface area contributed by atoms with E-state index in [1.165, 1.54) is 10.9 Å². The monoisotopic (exact) mass is 335 g/mol. The third-order valence-corrected chi connectivity index (χ3v) is 4.29. The molecule has 2 aromatic carbocycles. The molecule has 0 saturated carbocycles. The van der Waals surface area contributed by atoms with Gasteiger partial charge < -0.3 is 10.1 Å². The number of aromatic nitrogens is 2. The quantitative estimate of drug-likeness (QED) is 0.784. The van der Waals surface area contributed by atoms with Crippen LogP contribution < -0.4 is 15.6 Å². The molecule has 0 bridgehead atoms. The number of nitrogens with zero attached hydrogens (tertiary/aromatic N) is 2. The molecular formula is C19H17N3O3. The van der Waals surface area contributed by atoms with Crippen LogP contribution in [-0.2, 0) is 17.8 Å². The number of ether oxygens (including phenoxy) is 1. The van der Waals surface area contributed by atoms with Gasteiger partial charge in [0.15, 0.2) is 0 Å². The summed E-state index contributed by atoms with van der Waals surface area (Å²) in [5.41, 5.74) is 1.56. The Hall–Kier alpha value is -3.15. The number of nitrogens with one attached hydrogen (secondary N) is 1. The second-order valence-electron chi connectivity index (χ2n) is 6.05. The molecule has 1 atom stereocenters. The van der Waals surface area contributed by atoms with Crippen molar-refractivity contribution in [3.63, 3.8) is 0 Å². The molecule has 6 nitrogen and oxygen atoms in total. The molecular weight excluding hydrogens is 318 g/mol. The number of fused-ring (bicyclic) bond motifs is 2. The van der Waals surface area contributed by atoms with Crippen molar-refractivity contribution in [2.45, 2.75) is 19.1 Å². The second-order valence-corrected chi connectivity index (χ2v) is 6.05. The Kier molecular flexibility index (Phi) is 3.93. The van der Waals surface area contributed by atoms with Gasteiger partial charge in [0, 0.05) is 6.42 Å². The van der Waals surface area contributed by atoms with Gasteiger partial charge in [-0.15, -0.1) is 0 Å². The summed E-state index contributed by atoms with van der Waals surface area (Å²) in [6.07, 6.45) is 2.10. The highest BCUT2D eigenvalue weighted by Gasteiger charge is 2.22. The van der Waals surface area contributed by atoms with Gasteiger partial charge in [-0.2, -0.15) is 0 Å². The van der Waals surface area contributed by atoms with Crippen LogP contribution in [0.25, 0.3) is 10.9 Å². The predicted octanol–water partition coefficient (Wildman–Crippen LogP) is 1.52. The molecule has 2 heterocycles. The van der Waals surface area contributed by atoms with Gasteiger partial charge in [0.1, 0.15) is 18.4 Å². The average Bonchev–Trinajstić information content (AvgIpc) is 3.06. The van der Waals surface area contributed by atoms with Crippen LogP contribution in [-0.4, -0.2) is 28.1 Å². The molecule has 1 amide bonds. The van der Waals surface area contributed by atoms with Crippen molar-refractivity contribution in [3.05, 3.63) is 70.8 Å². The zero-order valence-corrected chi connectivity index (χ0v) is 13.5. The van der Waals surface area contributed by atoms with Crippen LogP contribution in [0.3, 0.4) is 0 Å². The van der Waals surface area contributed by atoms with Crippen LogP contribution in [0.1, 0.15) is 5.56 Å². The Balaban J connectivity index is 1.39. The molecule has 3 aromatic rings. The molecule has 0 fully saturated rings. The van der Waals surface area contributed by atoms with Crippen molar-refractivity contribution in [2.75, 3.05) is 6.54 Å². The number of carbonyl (C=O) groups excluding carboxylic acids is 1. The standard InChI is InChI=1S/C19H17N3O3/c23-18(20-10-14-9-13-5-1-4-8-17(13)25-14)11-22-12-21-16-7-3-2-6-15(16)19(22)24/h1-8,12,14H,9-11H2,(H,20,23)/t14-/m1/s1. The van der Waals surface area contributed by atoms with Gasteiger partial charge >= 0.3 is 0 Å². The van der Waals surface area contributed by atoms with E-state index in [-0.39, 0.29) is 24.1 Å². The molecule has 0 saturated heterocycles. The number of para-hydroxylation sites is 2. The minimum atomic E-state index is -0.237. The first-order valence-electron chi connectivity index (χ1n) is 8.16. The molecule has 0 spiro atoms. The van der Waals surface area contributed by atoms with Crippen molar-refractivity contribution in [1.29, 1.82) is 0 Å². The summed E-state index contributed by atoms with van der Waals surface area (Å²) in [6.45, 7) is 0.347. The average molecular weight is 335 g/mol. The lowest BCUT2D eigenvalue weighted by molar-refractivity contribution is -0.122. The lowest BCUT2D eigenvalue weighted by Crippen LogP contribution is -2.38. The zero-order valence-electron chi connectivity index (χ0n) is 13.5. The third kappa shape index (κ3) is 3.10. The number of hydrogen-bond donors (Lipinski definition) is 1. The maximum absolute atomic E-state index is 12.4. The topological polar surface area (TPSA) is 73.2 Å². The summed E-state index contributed by atoms with van der Waals surface area (Å²) in [6, 6.07) is 14.9. The summed E-state index contributed by atoms with van der Waals surface area (Å²) >= 11 is 0.